The number of anilines is 6. The first kappa shape index (κ1) is 45.9. The molecule has 6 nitrogen and oxygen atoms in total. The minimum Gasteiger partial charge on any atom is -0.509 e. The van der Waals surface area contributed by atoms with Gasteiger partial charge in [-0.05, 0) is 86.6 Å². The van der Waals surface area contributed by atoms with Crippen LogP contribution in [0.15, 0.2) is 212 Å². The van der Waals surface area contributed by atoms with Crippen LogP contribution in [0.1, 0.15) is 48.6 Å². The Kier molecular flexibility index (Phi) is 11.2. The maximum Gasteiger partial charge on any atom is 0.135 e. The van der Waals surface area contributed by atoms with Gasteiger partial charge in [-0.1, -0.05) is 177 Å². The number of rotatable bonds is 9. The van der Waals surface area contributed by atoms with Gasteiger partial charge in [0, 0.05) is 85.2 Å². The van der Waals surface area contributed by atoms with Gasteiger partial charge in [0.1, 0.15) is 5.82 Å². The molecule has 13 rings (SSSR count). The summed E-state index contributed by atoms with van der Waals surface area (Å²) in [6, 6.07) is 80.2. The quantitative estimate of drug-likeness (QED) is 0.146. The number of hydrogen-bond donors (Lipinski definition) is 1. The minimum absolute atomic E-state index is 0. The number of benzene rings is 9. The van der Waals surface area contributed by atoms with E-state index in [-0.39, 0.29) is 26.5 Å². The maximum absolute atomic E-state index is 7.05. The first-order valence-corrected chi connectivity index (χ1v) is 24.5. The van der Waals surface area contributed by atoms with Crippen LogP contribution in [0.5, 0.6) is 11.5 Å². The number of aromatic nitrogens is 2. The summed E-state index contributed by atoms with van der Waals surface area (Å²) in [6.45, 7) is 6.73. The van der Waals surface area contributed by atoms with Gasteiger partial charge in [0.05, 0.1) is 11.1 Å². The Morgan fingerprint density at radius 3 is 1.88 bits per heavy atom. The SMILES string of the molecule is [CH2-]N(c1ccccc1Nc1[c-]c(Oc2[c-]c3c4c(c2)C2(c5ccccc5N(C)c5ccccc52)c2cccc(c24)n3-c2cc(C(C)(C)C)ccn2)ccc1)c1c(-c2ccccc2)cccc1-c1ccccc1.[Pt]. The Bertz CT molecular complexity index is 3810. The molecule has 1 spiro atoms. The number of para-hydroxylation sites is 5. The minimum atomic E-state index is -0.633. The van der Waals surface area contributed by atoms with Crippen molar-refractivity contribution in [2.45, 2.75) is 31.6 Å². The van der Waals surface area contributed by atoms with E-state index in [9.17, 15) is 0 Å². The molecule has 0 radical (unpaired) electrons. The fourth-order valence-electron chi connectivity index (χ4n) is 11.5. The number of ether oxygens (including phenoxy) is 1. The van der Waals surface area contributed by atoms with Crippen LogP contribution in [-0.2, 0) is 31.9 Å². The molecule has 0 saturated heterocycles. The summed E-state index contributed by atoms with van der Waals surface area (Å²) in [5.41, 5.74) is 17.6. The second kappa shape index (κ2) is 17.8. The van der Waals surface area contributed by atoms with Gasteiger partial charge in [-0.2, -0.15) is 6.07 Å². The molecule has 11 aromatic rings. The summed E-state index contributed by atoms with van der Waals surface area (Å²) in [5, 5.41) is 6.08. The number of pyridine rings is 1. The molecule has 1 aliphatic heterocycles. The summed E-state index contributed by atoms with van der Waals surface area (Å²) in [7, 11) is 6.91. The fraction of sp³-hybridized carbons (Fsp3) is 0.0909. The molecule has 9 aromatic carbocycles. The molecule has 0 unspecified atom stereocenters. The van der Waals surface area contributed by atoms with Crippen LogP contribution in [0.25, 0.3) is 49.9 Å². The second-order valence-corrected chi connectivity index (χ2v) is 19.8. The molecule has 0 atom stereocenters. The van der Waals surface area contributed by atoms with E-state index in [1.807, 2.05) is 47.5 Å². The molecule has 2 aliphatic rings. The monoisotopic (exact) mass is 1120 g/mol. The normalized spacial score (nSPS) is 13.0. The molecular weight excluding hydrogens is 1070 g/mol. The van der Waals surface area contributed by atoms with Gasteiger partial charge in [-0.25, -0.2) is 4.98 Å². The Morgan fingerprint density at radius 2 is 1.19 bits per heavy atom. The van der Waals surface area contributed by atoms with E-state index in [1.165, 1.54) is 39.0 Å². The van der Waals surface area contributed by atoms with Gasteiger partial charge < -0.3 is 24.4 Å². The Labute approximate surface area is 441 Å². The van der Waals surface area contributed by atoms with E-state index in [0.717, 1.165) is 72.8 Å². The van der Waals surface area contributed by atoms with Gasteiger partial charge in [0.25, 0.3) is 0 Å². The molecule has 1 aliphatic carbocycles. The summed E-state index contributed by atoms with van der Waals surface area (Å²) in [6.07, 6.45) is 1.93. The molecule has 2 aromatic heterocycles. The van der Waals surface area contributed by atoms with Crippen molar-refractivity contribution in [1.29, 1.82) is 0 Å². The summed E-state index contributed by atoms with van der Waals surface area (Å²) >= 11 is 0. The van der Waals surface area contributed by atoms with Crippen molar-refractivity contribution in [1.82, 2.24) is 9.55 Å². The van der Waals surface area contributed by atoms with E-state index in [2.05, 4.69) is 225 Å². The molecule has 0 bridgehead atoms. The second-order valence-electron chi connectivity index (χ2n) is 19.8. The van der Waals surface area contributed by atoms with Crippen LogP contribution in [0, 0.1) is 19.2 Å². The predicted octanol–water partition coefficient (Wildman–Crippen LogP) is 16.7. The first-order chi connectivity index (χ1) is 35.2. The summed E-state index contributed by atoms with van der Waals surface area (Å²) in [4.78, 5) is 9.42. The van der Waals surface area contributed by atoms with E-state index in [4.69, 9.17) is 16.8 Å². The zero-order valence-corrected chi connectivity index (χ0v) is 43.2. The zero-order valence-electron chi connectivity index (χ0n) is 40.9. The van der Waals surface area contributed by atoms with Crippen molar-refractivity contribution in [3.63, 3.8) is 0 Å². The van der Waals surface area contributed by atoms with Crippen molar-refractivity contribution >= 4 is 55.9 Å². The molecule has 0 saturated carbocycles. The zero-order chi connectivity index (χ0) is 48.7. The standard InChI is InChI=1S/C66H50N5O.Pt/c1-65(2,3)45-37-38-67-61(39-45)71-59-36-20-31-53-62(59)63-54(66(53)51-29-12-15-33-56(51)69(4)57-34-16-13-30-52(57)66)41-48(42-60(63)71)72-47-26-18-25-46(40-47)68-55-32-14-17-35-58(55)70(5)64-49(43-21-8-6-9-22-43)27-19-28-50(64)44-23-10-7-11-24-44;/h6-39,41,68H,5H2,1-4H3;/q-3;. The fourth-order valence-corrected chi connectivity index (χ4v) is 11.5. The van der Waals surface area contributed by atoms with Crippen molar-refractivity contribution in [3.05, 3.63) is 259 Å². The average Bonchev–Trinajstić information content (AvgIpc) is 3.92. The van der Waals surface area contributed by atoms with Crippen LogP contribution in [0.4, 0.5) is 34.1 Å². The third-order valence-electron chi connectivity index (χ3n) is 14.7. The maximum atomic E-state index is 7.05. The van der Waals surface area contributed by atoms with Gasteiger partial charge in [-0.3, -0.25) is 7.05 Å². The van der Waals surface area contributed by atoms with Crippen LogP contribution < -0.4 is 19.9 Å². The van der Waals surface area contributed by atoms with E-state index in [0.29, 0.717) is 11.5 Å². The summed E-state index contributed by atoms with van der Waals surface area (Å²) in [5.74, 6) is 1.99. The number of fused-ring (bicyclic) bond motifs is 6. The first-order valence-electron chi connectivity index (χ1n) is 24.5. The summed E-state index contributed by atoms with van der Waals surface area (Å²) < 4.78 is 9.33. The predicted molar refractivity (Wildman–Crippen MR) is 296 cm³/mol. The third-order valence-corrected chi connectivity index (χ3v) is 14.7. The Balaban J connectivity index is 0.00000543. The van der Waals surface area contributed by atoms with Crippen LogP contribution in [0.3, 0.4) is 0 Å². The third kappa shape index (κ3) is 7.30. The smallest absolute Gasteiger partial charge is 0.135 e. The molecule has 7 heteroatoms. The Hall–Kier alpha value is -8.18. The number of nitrogens with one attached hydrogen (secondary N) is 1. The van der Waals surface area contributed by atoms with E-state index >= 15 is 0 Å². The van der Waals surface area contributed by atoms with Crippen molar-refractivity contribution in [3.8, 4) is 39.6 Å². The van der Waals surface area contributed by atoms with Crippen LogP contribution in [0.2, 0.25) is 0 Å². The molecule has 0 amide bonds. The number of hydrogen-bond acceptors (Lipinski definition) is 5. The molecule has 358 valence electrons. The molecule has 3 heterocycles. The van der Waals surface area contributed by atoms with Crippen LogP contribution >= 0.6 is 0 Å². The molecule has 73 heavy (non-hydrogen) atoms. The number of nitrogens with zero attached hydrogens (tertiary/aromatic N) is 4. The van der Waals surface area contributed by atoms with Crippen LogP contribution in [-0.4, -0.2) is 16.6 Å². The van der Waals surface area contributed by atoms with E-state index < -0.39 is 5.41 Å². The van der Waals surface area contributed by atoms with E-state index in [1.54, 1.807) is 0 Å². The Morgan fingerprint density at radius 1 is 0.589 bits per heavy atom. The van der Waals surface area contributed by atoms with Crippen molar-refractivity contribution in [2.24, 2.45) is 0 Å². The molecule has 0 fully saturated rings. The average molecular weight is 1120 g/mol. The van der Waals surface area contributed by atoms with Gasteiger partial charge >= 0.3 is 0 Å². The molecule has 1 N–H and O–H groups in total. The van der Waals surface area contributed by atoms with Gasteiger partial charge in [0.15, 0.2) is 0 Å². The van der Waals surface area contributed by atoms with Gasteiger partial charge in [0.2, 0.25) is 0 Å². The topological polar surface area (TPSA) is 45.6 Å². The van der Waals surface area contributed by atoms with Crippen molar-refractivity contribution in [2.75, 3.05) is 22.2 Å². The van der Waals surface area contributed by atoms with Crippen molar-refractivity contribution < 1.29 is 25.8 Å². The largest absolute Gasteiger partial charge is 0.509 e. The molecular formula is C66H50N5OPt-3. The van der Waals surface area contributed by atoms with Gasteiger partial charge in [-0.15, -0.1) is 35.9 Å².